The fourth-order valence-corrected chi connectivity index (χ4v) is 3.62. The molecule has 0 aliphatic heterocycles. The lowest BCUT2D eigenvalue weighted by molar-refractivity contribution is -0.121. The molecule has 0 saturated heterocycles. The van der Waals surface area contributed by atoms with E-state index in [2.05, 4.69) is 45.9 Å². The van der Waals surface area contributed by atoms with Crippen molar-refractivity contribution in [3.8, 4) is 0 Å². The van der Waals surface area contributed by atoms with Gasteiger partial charge in [-0.25, -0.2) is 0 Å². The zero-order valence-corrected chi connectivity index (χ0v) is 16.3. The van der Waals surface area contributed by atoms with Crippen LogP contribution < -0.4 is 0 Å². The smallest absolute Gasteiger partial charge is 0.136 e. The number of Topliss-reactive ketones (excluding diaryl/α,β-unsaturated/α-hetero) is 1. The summed E-state index contributed by atoms with van der Waals surface area (Å²) in [6.07, 6.45) is 17.4. The Bertz CT molecular complexity index is 420. The lowest BCUT2D eigenvalue weighted by atomic mass is 9.80. The Kier molecular flexibility index (Phi) is 9.58. The van der Waals surface area contributed by atoms with Crippen molar-refractivity contribution in [1.82, 2.24) is 0 Å². The molecule has 2 nitrogen and oxygen atoms in total. The van der Waals surface area contributed by atoms with Gasteiger partial charge in [0.15, 0.2) is 0 Å². The number of allylic oxidation sites excluding steroid dienone is 3. The van der Waals surface area contributed by atoms with Gasteiger partial charge in [-0.05, 0) is 50.4 Å². The Hall–Kier alpha value is -0.890. The molecule has 1 aliphatic carbocycles. The molecule has 0 aromatic carbocycles. The summed E-state index contributed by atoms with van der Waals surface area (Å²) in [6, 6.07) is 0. The first-order valence-corrected chi connectivity index (χ1v) is 9.92. The Labute approximate surface area is 149 Å². The van der Waals surface area contributed by atoms with E-state index in [1.807, 2.05) is 6.08 Å². The van der Waals surface area contributed by atoms with E-state index in [9.17, 15) is 9.90 Å². The maximum atomic E-state index is 12.2. The number of aliphatic hydroxyl groups excluding tert-OH is 1. The zero-order valence-electron chi connectivity index (χ0n) is 16.3. The number of ketones is 1. The van der Waals surface area contributed by atoms with Crippen molar-refractivity contribution >= 4 is 5.78 Å². The van der Waals surface area contributed by atoms with Gasteiger partial charge in [0.2, 0.25) is 0 Å². The van der Waals surface area contributed by atoms with Gasteiger partial charge in [-0.3, -0.25) is 4.79 Å². The first-order chi connectivity index (χ1) is 11.4. The highest BCUT2D eigenvalue weighted by molar-refractivity contribution is 5.83. The van der Waals surface area contributed by atoms with Gasteiger partial charge in [0, 0.05) is 12.3 Å². The highest BCUT2D eigenvalue weighted by atomic mass is 16.3. The summed E-state index contributed by atoms with van der Waals surface area (Å²) < 4.78 is 0. The van der Waals surface area contributed by atoms with E-state index in [4.69, 9.17) is 0 Å². The van der Waals surface area contributed by atoms with Crippen molar-refractivity contribution in [3.05, 3.63) is 24.3 Å². The van der Waals surface area contributed by atoms with Crippen molar-refractivity contribution in [2.45, 2.75) is 91.6 Å². The number of carbonyl (C=O) groups excluding carboxylic acids is 1. The quantitative estimate of drug-likeness (QED) is 0.380. The Morgan fingerprint density at radius 3 is 2.71 bits per heavy atom. The fourth-order valence-electron chi connectivity index (χ4n) is 3.62. The molecule has 24 heavy (non-hydrogen) atoms. The normalized spacial score (nSPS) is 23.6. The van der Waals surface area contributed by atoms with E-state index in [1.165, 1.54) is 0 Å². The Morgan fingerprint density at radius 1 is 1.29 bits per heavy atom. The number of hydrogen-bond donors (Lipinski definition) is 1. The summed E-state index contributed by atoms with van der Waals surface area (Å²) in [5, 5.41) is 10.5. The zero-order chi connectivity index (χ0) is 18.0. The maximum absolute atomic E-state index is 12.2. The van der Waals surface area contributed by atoms with Gasteiger partial charge in [-0.1, -0.05) is 64.3 Å². The number of carbonyl (C=O) groups is 1. The highest BCUT2D eigenvalue weighted by Gasteiger charge is 2.33. The average molecular weight is 335 g/mol. The van der Waals surface area contributed by atoms with E-state index in [-0.39, 0.29) is 11.3 Å². The van der Waals surface area contributed by atoms with Crippen molar-refractivity contribution in [2.75, 3.05) is 0 Å². The molecule has 1 aliphatic rings. The molecular weight excluding hydrogens is 296 g/mol. The second-order valence-corrected chi connectivity index (χ2v) is 8.05. The summed E-state index contributed by atoms with van der Waals surface area (Å²) in [7, 11) is 0. The second kappa shape index (κ2) is 10.9. The minimum absolute atomic E-state index is 0.0862. The molecule has 0 unspecified atom stereocenters. The molecule has 0 bridgehead atoms. The van der Waals surface area contributed by atoms with E-state index in [0.717, 1.165) is 51.4 Å². The van der Waals surface area contributed by atoms with Crippen LogP contribution in [0.5, 0.6) is 0 Å². The monoisotopic (exact) mass is 334 g/mol. The third kappa shape index (κ3) is 6.93. The lowest BCUT2D eigenvalue weighted by Crippen LogP contribution is -2.27. The molecule has 3 atom stereocenters. The van der Waals surface area contributed by atoms with Crippen LogP contribution in [0, 0.1) is 17.3 Å². The first-order valence-electron chi connectivity index (χ1n) is 9.92. The molecule has 1 saturated carbocycles. The second-order valence-electron chi connectivity index (χ2n) is 8.05. The van der Waals surface area contributed by atoms with Crippen LogP contribution in [0.3, 0.4) is 0 Å². The van der Waals surface area contributed by atoms with Gasteiger partial charge in [-0.15, -0.1) is 0 Å². The summed E-state index contributed by atoms with van der Waals surface area (Å²) in [6.45, 7) is 8.50. The molecule has 1 N–H and O–H groups in total. The van der Waals surface area contributed by atoms with Crippen LogP contribution in [-0.2, 0) is 4.79 Å². The molecule has 0 aromatic heterocycles. The summed E-state index contributed by atoms with van der Waals surface area (Å²) in [4.78, 5) is 12.2. The van der Waals surface area contributed by atoms with Gasteiger partial charge in [0.25, 0.3) is 0 Å². The number of unbranched alkanes of at least 4 members (excludes halogenated alkanes) is 3. The van der Waals surface area contributed by atoms with Crippen molar-refractivity contribution < 1.29 is 9.90 Å². The third-order valence-electron chi connectivity index (χ3n) is 5.54. The predicted molar refractivity (Wildman–Crippen MR) is 103 cm³/mol. The molecule has 0 aromatic rings. The van der Waals surface area contributed by atoms with E-state index < -0.39 is 6.10 Å². The van der Waals surface area contributed by atoms with Gasteiger partial charge in [0.05, 0.1) is 6.10 Å². The van der Waals surface area contributed by atoms with Crippen molar-refractivity contribution in [1.29, 1.82) is 0 Å². The van der Waals surface area contributed by atoms with Crippen LogP contribution in [0.1, 0.15) is 85.5 Å². The first kappa shape index (κ1) is 21.2. The van der Waals surface area contributed by atoms with Gasteiger partial charge >= 0.3 is 0 Å². The molecular formula is C22H38O2. The lowest BCUT2D eigenvalue weighted by Gasteiger charge is -2.29. The largest absolute Gasteiger partial charge is 0.388 e. The SMILES string of the molecule is C/C=C/CCCC[C@H]1C(=O)CC[C@@H]1/C=C/[C@@H](O)C(C)(C)CCCC. The summed E-state index contributed by atoms with van der Waals surface area (Å²) >= 11 is 0. The molecule has 0 radical (unpaired) electrons. The van der Waals surface area contributed by atoms with E-state index in [1.54, 1.807) is 0 Å². The Morgan fingerprint density at radius 2 is 2.04 bits per heavy atom. The van der Waals surface area contributed by atoms with Crippen LogP contribution in [-0.4, -0.2) is 17.0 Å². The molecule has 2 heteroatoms. The van der Waals surface area contributed by atoms with Crippen LogP contribution in [0.2, 0.25) is 0 Å². The van der Waals surface area contributed by atoms with Crippen LogP contribution in [0.15, 0.2) is 24.3 Å². The standard InChI is InChI=1S/C22H38O2/c1-5-7-9-10-11-12-19-18(13-15-20(19)23)14-16-21(24)22(3,4)17-8-6-2/h5,7,14,16,18-19,21,24H,6,8-13,15,17H2,1-4H3/b7-5+,16-14+/t18-,19-,21-/m1/s1. The maximum Gasteiger partial charge on any atom is 0.136 e. The van der Waals surface area contributed by atoms with Crippen molar-refractivity contribution in [2.24, 2.45) is 17.3 Å². The van der Waals surface area contributed by atoms with Crippen LogP contribution in [0.25, 0.3) is 0 Å². The minimum atomic E-state index is -0.421. The van der Waals surface area contributed by atoms with Gasteiger partial charge in [0.1, 0.15) is 5.78 Å². The van der Waals surface area contributed by atoms with E-state index >= 15 is 0 Å². The molecule has 138 valence electrons. The fraction of sp³-hybridized carbons (Fsp3) is 0.773. The van der Waals surface area contributed by atoms with Crippen molar-refractivity contribution in [3.63, 3.8) is 0 Å². The molecule has 1 rings (SSSR count). The molecule has 0 amide bonds. The topological polar surface area (TPSA) is 37.3 Å². The molecule has 0 spiro atoms. The molecule has 0 heterocycles. The minimum Gasteiger partial charge on any atom is -0.388 e. The summed E-state index contributed by atoms with van der Waals surface area (Å²) in [5.41, 5.74) is -0.0862. The highest BCUT2D eigenvalue weighted by Crippen LogP contribution is 2.35. The van der Waals surface area contributed by atoms with E-state index in [0.29, 0.717) is 18.1 Å². The van der Waals surface area contributed by atoms with Crippen LogP contribution >= 0.6 is 0 Å². The predicted octanol–water partition coefficient (Wildman–Crippen LogP) is 5.85. The van der Waals surface area contributed by atoms with Crippen LogP contribution in [0.4, 0.5) is 0 Å². The Balaban J connectivity index is 2.52. The van der Waals surface area contributed by atoms with Gasteiger partial charge in [-0.2, -0.15) is 0 Å². The third-order valence-corrected chi connectivity index (χ3v) is 5.54. The number of rotatable bonds is 11. The number of aliphatic hydroxyl groups is 1. The molecule has 1 fully saturated rings. The summed E-state index contributed by atoms with van der Waals surface area (Å²) in [5.74, 6) is 0.934. The average Bonchev–Trinajstić information content (AvgIpc) is 2.90. The van der Waals surface area contributed by atoms with Gasteiger partial charge < -0.3 is 5.11 Å². The number of hydrogen-bond acceptors (Lipinski definition) is 2.